The van der Waals surface area contributed by atoms with E-state index in [1.165, 1.54) is 11.3 Å². The van der Waals surface area contributed by atoms with E-state index in [1.807, 2.05) is 18.2 Å². The first-order valence-corrected chi connectivity index (χ1v) is 9.61. The zero-order chi connectivity index (χ0) is 17.9. The maximum absolute atomic E-state index is 8.90. The zero-order valence-electron chi connectivity index (χ0n) is 14.8. The molecule has 4 rings (SSSR count). The van der Waals surface area contributed by atoms with E-state index in [0.29, 0.717) is 12.8 Å². The molecule has 1 saturated heterocycles. The molecule has 6 nitrogen and oxygen atoms in total. The number of hydrogen-bond acceptors (Lipinski definition) is 6. The molecule has 2 N–H and O–H groups in total. The summed E-state index contributed by atoms with van der Waals surface area (Å²) in [7, 11) is 2.19. The van der Waals surface area contributed by atoms with E-state index in [2.05, 4.69) is 45.8 Å². The van der Waals surface area contributed by atoms with Gasteiger partial charge in [-0.3, -0.25) is 4.90 Å². The van der Waals surface area contributed by atoms with Gasteiger partial charge in [-0.1, -0.05) is 6.07 Å². The van der Waals surface area contributed by atoms with Crippen LogP contribution in [0.2, 0.25) is 0 Å². The predicted molar refractivity (Wildman–Crippen MR) is 106 cm³/mol. The number of fused-ring (bicyclic) bond motifs is 1. The molecule has 1 fully saturated rings. The minimum Gasteiger partial charge on any atom is -0.454 e. The number of nitrogens with one attached hydrogen (secondary N) is 1. The number of hydrogen-bond donors (Lipinski definition) is 2. The van der Waals surface area contributed by atoms with Crippen LogP contribution in [0.5, 0.6) is 11.5 Å². The van der Waals surface area contributed by atoms with E-state index in [4.69, 9.17) is 14.0 Å². The Hall–Kier alpha value is -2.09. The Balaban J connectivity index is 1.35. The van der Waals surface area contributed by atoms with Gasteiger partial charge in [-0.05, 0) is 55.4 Å². The fourth-order valence-electron chi connectivity index (χ4n) is 3.60. The Morgan fingerprint density at radius 3 is 2.81 bits per heavy atom. The summed E-state index contributed by atoms with van der Waals surface area (Å²) in [6, 6.07) is 14.9. The maximum Gasteiger partial charge on any atom is 0.247 e. The van der Waals surface area contributed by atoms with Gasteiger partial charge >= 0.3 is 0 Å². The average Bonchev–Trinajstić information content (AvgIpc) is 3.32. The van der Waals surface area contributed by atoms with Crippen LogP contribution >= 0.6 is 0 Å². The fraction of sp³-hybridized carbons (Fsp3) is 0.368. The number of benzene rings is 2. The summed E-state index contributed by atoms with van der Waals surface area (Å²) < 4.78 is 22.6. The first-order chi connectivity index (χ1) is 12.7. The third-order valence-electron chi connectivity index (χ3n) is 5.07. The normalized spacial score (nSPS) is 18.6. The van der Waals surface area contributed by atoms with Crippen LogP contribution in [0.15, 0.2) is 42.5 Å². The lowest BCUT2D eigenvalue weighted by molar-refractivity contribution is 0.174. The highest BCUT2D eigenvalue weighted by Gasteiger charge is 2.26. The monoisotopic (exact) mass is 374 g/mol. The summed E-state index contributed by atoms with van der Waals surface area (Å²) in [6.07, 6.45) is 1.15. The van der Waals surface area contributed by atoms with Gasteiger partial charge in [0.1, 0.15) is 0 Å². The van der Waals surface area contributed by atoms with Crippen LogP contribution in [0, 0.1) is 0 Å². The van der Waals surface area contributed by atoms with Gasteiger partial charge in [0.2, 0.25) is 19.0 Å². The highest BCUT2D eigenvalue weighted by Crippen LogP contribution is 2.33. The zero-order valence-corrected chi connectivity index (χ0v) is 15.7. The average molecular weight is 374 g/mol. The minimum atomic E-state index is 0.176. The number of thiol groups is 1. The van der Waals surface area contributed by atoms with Crippen LogP contribution in [-0.4, -0.2) is 42.4 Å². The molecule has 2 aromatic rings. The van der Waals surface area contributed by atoms with Crippen molar-refractivity contribution >= 4 is 23.6 Å². The van der Waals surface area contributed by atoms with Crippen molar-refractivity contribution in [2.24, 2.45) is 0 Å². The summed E-state index contributed by atoms with van der Waals surface area (Å²) in [5.74, 6) is 1.68. The molecule has 0 spiro atoms. The molecule has 2 aromatic carbocycles. The second kappa shape index (κ2) is 7.65. The van der Waals surface area contributed by atoms with Crippen molar-refractivity contribution in [3.05, 3.63) is 48.0 Å². The van der Waals surface area contributed by atoms with Gasteiger partial charge in [-0.25, -0.2) is 0 Å². The van der Waals surface area contributed by atoms with Crippen LogP contribution in [0.3, 0.4) is 0 Å². The number of nitrogens with zero attached hydrogens (tertiary/aromatic N) is 2. The van der Waals surface area contributed by atoms with E-state index < -0.39 is 0 Å². The van der Waals surface area contributed by atoms with Crippen LogP contribution in [0.25, 0.3) is 0 Å². The van der Waals surface area contributed by atoms with Gasteiger partial charge in [0.25, 0.3) is 0 Å². The van der Waals surface area contributed by atoms with Crippen LogP contribution in [0.4, 0.5) is 11.4 Å². The second-order valence-corrected chi connectivity index (χ2v) is 7.17. The molecule has 0 aliphatic carbocycles. The Labute approximate surface area is 158 Å². The molecular formula is C19H24N3O3S+. The quantitative estimate of drug-likeness (QED) is 0.599. The second-order valence-electron chi connectivity index (χ2n) is 6.75. The van der Waals surface area contributed by atoms with E-state index in [0.717, 1.165) is 43.2 Å². The van der Waals surface area contributed by atoms with Gasteiger partial charge in [-0.2, -0.15) is 9.27 Å². The molecule has 1 unspecified atom stereocenters. The number of anilines is 2. The van der Waals surface area contributed by atoms with E-state index in [9.17, 15) is 0 Å². The molecule has 138 valence electrons. The van der Waals surface area contributed by atoms with Gasteiger partial charge in [0, 0.05) is 31.4 Å². The summed E-state index contributed by atoms with van der Waals surface area (Å²) in [5.41, 5.74) is 3.39. The fourth-order valence-corrected chi connectivity index (χ4v) is 3.86. The highest BCUT2D eigenvalue weighted by atomic mass is 32.2. The first kappa shape index (κ1) is 17.3. The molecule has 1 atom stereocenters. The summed E-state index contributed by atoms with van der Waals surface area (Å²) in [4.78, 5) is 4.83. The van der Waals surface area contributed by atoms with Gasteiger partial charge in [0.05, 0.1) is 5.69 Å². The van der Waals surface area contributed by atoms with Gasteiger partial charge < -0.3 is 14.4 Å². The number of likely N-dealkylation sites (N-methyl/N-ethyl adjacent to an activating group) is 1. The molecule has 0 saturated carbocycles. The van der Waals surface area contributed by atoms with E-state index in [-0.39, 0.29) is 12.2 Å². The molecule has 0 radical (unpaired) electrons. The molecule has 2 aliphatic rings. The lowest BCUT2D eigenvalue weighted by atomic mass is 10.1. The van der Waals surface area contributed by atoms with Crippen molar-refractivity contribution in [3.8, 4) is 11.5 Å². The molecular weight excluding hydrogens is 350 g/mol. The SMILES string of the molecule is CN(Cc1ccc2c(c1)OCO2)C1CCN(c2ccc(N[SH+]O)cc2)C1. The Kier molecular flexibility index (Phi) is 5.10. The van der Waals surface area contributed by atoms with Crippen LogP contribution in [0.1, 0.15) is 12.0 Å². The molecule has 0 amide bonds. The third kappa shape index (κ3) is 3.70. The minimum absolute atomic E-state index is 0.176. The van der Waals surface area contributed by atoms with Crippen molar-refractivity contribution in [2.45, 2.75) is 19.0 Å². The number of ether oxygens (including phenoxy) is 2. The molecule has 7 heteroatoms. The van der Waals surface area contributed by atoms with Crippen molar-refractivity contribution < 1.29 is 14.0 Å². The topological polar surface area (TPSA) is 57.2 Å². The summed E-state index contributed by atoms with van der Waals surface area (Å²) in [5, 5.41) is 0. The lowest BCUT2D eigenvalue weighted by Crippen LogP contribution is -2.34. The first-order valence-electron chi connectivity index (χ1n) is 8.77. The van der Waals surface area contributed by atoms with Crippen molar-refractivity contribution in [1.82, 2.24) is 4.90 Å². The predicted octanol–water partition coefficient (Wildman–Crippen LogP) is 2.74. The van der Waals surface area contributed by atoms with Gasteiger partial charge in [0.15, 0.2) is 11.5 Å². The largest absolute Gasteiger partial charge is 0.454 e. The third-order valence-corrected chi connectivity index (χ3v) is 5.43. The molecule has 0 aromatic heterocycles. The molecule has 0 bridgehead atoms. The Bertz CT molecular complexity index is 756. The van der Waals surface area contributed by atoms with Crippen molar-refractivity contribution in [3.63, 3.8) is 0 Å². The lowest BCUT2D eigenvalue weighted by Gasteiger charge is -2.25. The van der Waals surface area contributed by atoms with Crippen molar-refractivity contribution in [2.75, 3.05) is 36.6 Å². The maximum atomic E-state index is 8.90. The van der Waals surface area contributed by atoms with E-state index >= 15 is 0 Å². The Morgan fingerprint density at radius 2 is 2.00 bits per heavy atom. The molecule has 2 heterocycles. The number of rotatable bonds is 6. The highest BCUT2D eigenvalue weighted by molar-refractivity contribution is 7.74. The molecule has 26 heavy (non-hydrogen) atoms. The van der Waals surface area contributed by atoms with Gasteiger partial charge in [-0.15, -0.1) is 0 Å². The molecule has 2 aliphatic heterocycles. The van der Waals surface area contributed by atoms with Crippen molar-refractivity contribution in [1.29, 1.82) is 0 Å². The summed E-state index contributed by atoms with van der Waals surface area (Å²) in [6.45, 7) is 3.29. The van der Waals surface area contributed by atoms with E-state index in [1.54, 1.807) is 0 Å². The standard InChI is InChI=1S/C19H23N3O3S/c1-21(11-14-2-7-18-19(10-14)25-13-24-18)17-8-9-22(12-17)16-5-3-15(4-6-16)20-26-23/h2-7,10,17,20,23H,8-9,11-13H2,1H3/p+1. The Morgan fingerprint density at radius 1 is 1.19 bits per heavy atom. The van der Waals surface area contributed by atoms with Crippen LogP contribution < -0.4 is 19.1 Å². The summed E-state index contributed by atoms with van der Waals surface area (Å²) >= 11 is 0.176. The smallest absolute Gasteiger partial charge is 0.247 e. The van der Waals surface area contributed by atoms with Crippen LogP contribution in [-0.2, 0) is 18.8 Å².